The van der Waals surface area contributed by atoms with E-state index < -0.39 is 5.97 Å². The number of carbonyl (C=O) groups is 1. The van der Waals surface area contributed by atoms with Crippen molar-refractivity contribution in [1.82, 2.24) is 9.78 Å². The molecule has 2 aromatic carbocycles. The molecule has 0 radical (unpaired) electrons. The van der Waals surface area contributed by atoms with Gasteiger partial charge in [0.1, 0.15) is 6.79 Å². The molecule has 0 unspecified atom stereocenters. The summed E-state index contributed by atoms with van der Waals surface area (Å²) in [5, 5.41) is 14.1. The number of rotatable bonds is 9. The summed E-state index contributed by atoms with van der Waals surface area (Å²) in [6, 6.07) is 15.5. The highest BCUT2D eigenvalue weighted by Gasteiger charge is 2.32. The Balaban J connectivity index is 1.64. The molecule has 0 fully saturated rings. The van der Waals surface area contributed by atoms with Gasteiger partial charge in [0.25, 0.3) is 0 Å². The van der Waals surface area contributed by atoms with Crippen molar-refractivity contribution in [2.24, 2.45) is 0 Å². The van der Waals surface area contributed by atoms with Crippen LogP contribution in [0, 0.1) is 0 Å². The van der Waals surface area contributed by atoms with E-state index >= 15 is 0 Å². The Bertz CT molecular complexity index is 1010. The van der Waals surface area contributed by atoms with Crippen LogP contribution in [0.25, 0.3) is 16.9 Å². The highest BCUT2D eigenvalue weighted by Crippen LogP contribution is 2.41. The second-order valence-electron chi connectivity index (χ2n) is 6.72. The number of aromatic nitrogens is 2. The molecule has 1 N–H and O–H groups in total. The molecule has 7 heteroatoms. The molecule has 1 heterocycles. The fourth-order valence-electron chi connectivity index (χ4n) is 3.61. The van der Waals surface area contributed by atoms with Gasteiger partial charge < -0.3 is 19.3 Å². The van der Waals surface area contributed by atoms with Crippen LogP contribution in [0.1, 0.15) is 27.2 Å². The maximum Gasteiger partial charge on any atom is 0.356 e. The Hall–Kier alpha value is -3.00. The minimum atomic E-state index is -1.02. The summed E-state index contributed by atoms with van der Waals surface area (Å²) in [5.41, 5.74) is 5.58. The molecule has 0 saturated carbocycles. The van der Waals surface area contributed by atoms with Crippen LogP contribution in [0.2, 0.25) is 0 Å². The molecule has 29 heavy (non-hydrogen) atoms. The van der Waals surface area contributed by atoms with Crippen LogP contribution in [0.3, 0.4) is 0 Å². The number of fused-ring (bicyclic) bond motifs is 3. The van der Waals surface area contributed by atoms with Gasteiger partial charge in [-0.3, -0.25) is 0 Å². The van der Waals surface area contributed by atoms with E-state index in [1.807, 2.05) is 48.5 Å². The summed E-state index contributed by atoms with van der Waals surface area (Å²) in [6.07, 6.45) is 0.517. The number of ether oxygens (including phenoxy) is 3. The number of hydrogen-bond acceptors (Lipinski definition) is 5. The smallest absolute Gasteiger partial charge is 0.356 e. The summed E-state index contributed by atoms with van der Waals surface area (Å²) in [5.74, 6) is -1.02. The van der Waals surface area contributed by atoms with Crippen molar-refractivity contribution in [3.63, 3.8) is 0 Å². The summed E-state index contributed by atoms with van der Waals surface area (Å²) in [4.78, 5) is 11.8. The molecule has 0 saturated heterocycles. The molecular formula is C22H22N2O5. The summed E-state index contributed by atoms with van der Waals surface area (Å²) < 4.78 is 17.7. The number of carboxylic acid groups (broad SMARTS) is 1. The third kappa shape index (κ3) is 3.80. The first-order chi connectivity index (χ1) is 14.2. The van der Waals surface area contributed by atoms with Gasteiger partial charge in [-0.2, -0.15) is 5.10 Å². The zero-order valence-electron chi connectivity index (χ0n) is 16.1. The fourth-order valence-corrected chi connectivity index (χ4v) is 3.61. The number of carboxylic acids is 1. The van der Waals surface area contributed by atoms with Gasteiger partial charge in [0.2, 0.25) is 0 Å². The molecule has 1 aromatic heterocycles. The zero-order chi connectivity index (χ0) is 20.2. The number of hydrogen-bond donors (Lipinski definition) is 1. The van der Waals surface area contributed by atoms with E-state index in [4.69, 9.17) is 14.2 Å². The normalized spacial score (nSPS) is 12.0. The number of para-hydroxylation sites is 1. The largest absolute Gasteiger partial charge is 0.476 e. The standard InChI is InChI=1S/C22H22N2O5/c1-27-10-11-28-14-29-13-15-6-5-9-17-18(15)12-19-20(22(25)26)23-24(21(17)19)16-7-3-2-4-8-16/h2-9H,10-14H2,1H3,(H,25,26). The third-order valence-corrected chi connectivity index (χ3v) is 4.92. The molecule has 0 bridgehead atoms. The van der Waals surface area contributed by atoms with Gasteiger partial charge in [0, 0.05) is 24.7 Å². The highest BCUT2D eigenvalue weighted by molar-refractivity contribution is 5.92. The van der Waals surface area contributed by atoms with E-state index in [0.29, 0.717) is 26.2 Å². The molecule has 0 amide bonds. The fraction of sp³-hybridized carbons (Fsp3) is 0.273. The topological polar surface area (TPSA) is 82.8 Å². The second-order valence-corrected chi connectivity index (χ2v) is 6.72. The Morgan fingerprint density at radius 1 is 1.07 bits per heavy atom. The molecule has 0 aliphatic heterocycles. The van der Waals surface area contributed by atoms with Crippen LogP contribution >= 0.6 is 0 Å². The van der Waals surface area contributed by atoms with E-state index in [9.17, 15) is 9.90 Å². The van der Waals surface area contributed by atoms with Gasteiger partial charge in [-0.25, -0.2) is 9.48 Å². The van der Waals surface area contributed by atoms with Crippen molar-refractivity contribution in [3.8, 4) is 16.9 Å². The average molecular weight is 394 g/mol. The van der Waals surface area contributed by atoms with Crippen molar-refractivity contribution >= 4 is 5.97 Å². The second kappa shape index (κ2) is 8.57. The summed E-state index contributed by atoms with van der Waals surface area (Å²) in [7, 11) is 1.62. The highest BCUT2D eigenvalue weighted by atomic mass is 16.7. The predicted octanol–water partition coefficient (Wildman–Crippen LogP) is 3.28. The Morgan fingerprint density at radius 2 is 1.90 bits per heavy atom. The molecule has 1 aliphatic rings. The monoisotopic (exact) mass is 394 g/mol. The van der Waals surface area contributed by atoms with Crippen LogP contribution in [0.15, 0.2) is 48.5 Å². The molecule has 3 aromatic rings. The van der Waals surface area contributed by atoms with Crippen molar-refractivity contribution in [2.45, 2.75) is 13.0 Å². The van der Waals surface area contributed by atoms with Crippen molar-refractivity contribution in [2.75, 3.05) is 27.1 Å². The van der Waals surface area contributed by atoms with Gasteiger partial charge in [-0.1, -0.05) is 36.4 Å². The van der Waals surface area contributed by atoms with Gasteiger partial charge >= 0.3 is 5.97 Å². The van der Waals surface area contributed by atoms with Gasteiger partial charge in [0.05, 0.1) is 31.2 Å². The van der Waals surface area contributed by atoms with Crippen LogP contribution in [0.5, 0.6) is 0 Å². The molecule has 7 nitrogen and oxygen atoms in total. The third-order valence-electron chi connectivity index (χ3n) is 4.92. The quantitative estimate of drug-likeness (QED) is 0.347. The van der Waals surface area contributed by atoms with Gasteiger partial charge in [0.15, 0.2) is 5.69 Å². The number of nitrogens with zero attached hydrogens (tertiary/aromatic N) is 2. The van der Waals surface area contributed by atoms with Crippen molar-refractivity contribution < 1.29 is 24.1 Å². The predicted molar refractivity (Wildman–Crippen MR) is 106 cm³/mol. The maximum absolute atomic E-state index is 11.8. The van der Waals surface area contributed by atoms with Crippen LogP contribution < -0.4 is 0 Å². The zero-order valence-corrected chi connectivity index (χ0v) is 16.1. The molecule has 1 aliphatic carbocycles. The lowest BCUT2D eigenvalue weighted by Gasteiger charge is -2.11. The first-order valence-corrected chi connectivity index (χ1v) is 9.37. The van der Waals surface area contributed by atoms with Gasteiger partial charge in [-0.15, -0.1) is 0 Å². The van der Waals surface area contributed by atoms with E-state index in [0.717, 1.165) is 33.6 Å². The number of aromatic carboxylic acids is 1. The maximum atomic E-state index is 11.8. The van der Waals surface area contributed by atoms with E-state index in [1.165, 1.54) is 0 Å². The lowest BCUT2D eigenvalue weighted by atomic mass is 10.0. The van der Waals surface area contributed by atoms with Gasteiger partial charge in [-0.05, 0) is 23.3 Å². The minimum Gasteiger partial charge on any atom is -0.476 e. The Morgan fingerprint density at radius 3 is 2.66 bits per heavy atom. The van der Waals surface area contributed by atoms with Crippen LogP contribution in [-0.2, 0) is 27.2 Å². The summed E-state index contributed by atoms with van der Waals surface area (Å²) >= 11 is 0. The average Bonchev–Trinajstić information content (AvgIpc) is 3.29. The molecular weight excluding hydrogens is 372 g/mol. The molecule has 0 atom stereocenters. The van der Waals surface area contributed by atoms with Crippen molar-refractivity contribution in [1.29, 1.82) is 0 Å². The molecule has 4 rings (SSSR count). The van der Waals surface area contributed by atoms with Crippen LogP contribution in [-0.4, -0.2) is 48.0 Å². The SMILES string of the molecule is COCCOCOCc1cccc2c1Cc1c(C(=O)O)nn(-c3ccccc3)c1-2. The molecule has 0 spiro atoms. The number of benzene rings is 2. The minimum absolute atomic E-state index is 0.0924. The van der Waals surface area contributed by atoms with Crippen molar-refractivity contribution in [3.05, 3.63) is 70.9 Å². The summed E-state index contributed by atoms with van der Waals surface area (Å²) in [6.45, 7) is 1.57. The van der Waals surface area contributed by atoms with E-state index in [-0.39, 0.29) is 12.5 Å². The lowest BCUT2D eigenvalue weighted by molar-refractivity contribution is -0.0725. The van der Waals surface area contributed by atoms with E-state index in [1.54, 1.807) is 11.8 Å². The first kappa shape index (κ1) is 19.3. The Kier molecular flexibility index (Phi) is 5.71. The number of methoxy groups -OCH3 is 1. The molecule has 150 valence electrons. The first-order valence-electron chi connectivity index (χ1n) is 9.37. The lowest BCUT2D eigenvalue weighted by Crippen LogP contribution is -2.07. The Labute approximate surface area is 168 Å². The van der Waals surface area contributed by atoms with E-state index in [2.05, 4.69) is 5.10 Å². The van der Waals surface area contributed by atoms with Crippen LogP contribution in [0.4, 0.5) is 0 Å².